The van der Waals surface area contributed by atoms with Crippen LogP contribution in [0, 0.1) is 0 Å². The smallest absolute Gasteiger partial charge is 0.340 e. The van der Waals surface area contributed by atoms with Crippen molar-refractivity contribution in [3.63, 3.8) is 0 Å². The zero-order valence-electron chi connectivity index (χ0n) is 14.7. The Morgan fingerprint density at radius 3 is 2.30 bits per heavy atom. The van der Waals surface area contributed by atoms with Gasteiger partial charge in [0.05, 0.1) is 17.7 Å². The number of hydrogen-bond donors (Lipinski definition) is 1. The standard InChI is InChI=1S/C19H19ClN2O5/c1-2-3-10-26-18(24)13-4-7-15(8-5-13)22-17(23)12-27-19(25)14-6-9-16(20)21-11-14/h4-9,11H,2-3,10,12H2,1H3,(H,22,23). The number of nitrogens with zero attached hydrogens (tertiary/aromatic N) is 1. The fraction of sp³-hybridized carbons (Fsp3) is 0.263. The fourth-order valence-electron chi connectivity index (χ4n) is 1.99. The molecule has 0 saturated carbocycles. The number of halogens is 1. The van der Waals surface area contributed by atoms with Crippen LogP contribution in [-0.2, 0) is 14.3 Å². The zero-order chi connectivity index (χ0) is 19.6. The van der Waals surface area contributed by atoms with Gasteiger partial charge in [-0.1, -0.05) is 24.9 Å². The number of anilines is 1. The summed E-state index contributed by atoms with van der Waals surface area (Å²) in [7, 11) is 0. The van der Waals surface area contributed by atoms with Gasteiger partial charge in [0.2, 0.25) is 0 Å². The lowest BCUT2D eigenvalue weighted by Gasteiger charge is -2.08. The number of aromatic nitrogens is 1. The summed E-state index contributed by atoms with van der Waals surface area (Å²) in [4.78, 5) is 39.3. The Hall–Kier alpha value is -2.93. The molecule has 0 aliphatic rings. The molecule has 1 amide bonds. The number of rotatable bonds is 8. The van der Waals surface area contributed by atoms with Crippen LogP contribution >= 0.6 is 11.6 Å². The van der Waals surface area contributed by atoms with Gasteiger partial charge >= 0.3 is 11.9 Å². The first kappa shape index (κ1) is 20.4. The first-order chi connectivity index (χ1) is 13.0. The van der Waals surface area contributed by atoms with Gasteiger partial charge in [-0.05, 0) is 42.8 Å². The van der Waals surface area contributed by atoms with E-state index in [4.69, 9.17) is 21.1 Å². The Kier molecular flexibility index (Phi) is 7.76. The Bertz CT molecular complexity index is 791. The van der Waals surface area contributed by atoms with Crippen LogP contribution in [0.4, 0.5) is 5.69 Å². The van der Waals surface area contributed by atoms with Crippen molar-refractivity contribution in [2.45, 2.75) is 19.8 Å². The Morgan fingerprint density at radius 1 is 1.00 bits per heavy atom. The fourth-order valence-corrected chi connectivity index (χ4v) is 2.10. The van der Waals surface area contributed by atoms with E-state index in [1.165, 1.54) is 18.3 Å². The molecule has 0 spiro atoms. The molecule has 0 atom stereocenters. The van der Waals surface area contributed by atoms with E-state index in [-0.39, 0.29) is 10.7 Å². The van der Waals surface area contributed by atoms with Crippen LogP contribution in [-0.4, -0.2) is 36.0 Å². The number of hydrogen-bond acceptors (Lipinski definition) is 6. The van der Waals surface area contributed by atoms with Gasteiger partial charge in [0.25, 0.3) is 5.91 Å². The van der Waals surface area contributed by atoms with Gasteiger partial charge in [0, 0.05) is 11.9 Å². The summed E-state index contributed by atoms with van der Waals surface area (Å²) in [6, 6.07) is 9.14. The Balaban J connectivity index is 1.80. The van der Waals surface area contributed by atoms with Crippen LogP contribution in [0.3, 0.4) is 0 Å². The second-order valence-corrected chi connectivity index (χ2v) is 5.95. The molecule has 0 saturated heterocycles. The quantitative estimate of drug-likeness (QED) is 0.421. The molecule has 27 heavy (non-hydrogen) atoms. The predicted molar refractivity (Wildman–Crippen MR) is 99.8 cm³/mol. The first-order valence-corrected chi connectivity index (χ1v) is 8.73. The minimum atomic E-state index is -0.681. The molecule has 1 heterocycles. The van der Waals surface area contributed by atoms with Gasteiger partial charge in [-0.3, -0.25) is 4.79 Å². The number of amides is 1. The largest absolute Gasteiger partial charge is 0.462 e. The van der Waals surface area contributed by atoms with Crippen LogP contribution in [0.5, 0.6) is 0 Å². The molecule has 0 bridgehead atoms. The molecule has 1 aromatic heterocycles. The molecule has 7 nitrogen and oxygen atoms in total. The predicted octanol–water partition coefficient (Wildman–Crippen LogP) is 3.49. The number of ether oxygens (including phenoxy) is 2. The number of unbranched alkanes of at least 4 members (excludes halogenated alkanes) is 1. The summed E-state index contributed by atoms with van der Waals surface area (Å²) in [5.74, 6) is -1.60. The van der Waals surface area contributed by atoms with E-state index in [2.05, 4.69) is 10.3 Å². The average molecular weight is 391 g/mol. The molecule has 8 heteroatoms. The normalized spacial score (nSPS) is 10.1. The van der Waals surface area contributed by atoms with Crippen molar-refractivity contribution in [1.29, 1.82) is 0 Å². The maximum atomic E-state index is 11.9. The number of nitrogens with one attached hydrogen (secondary N) is 1. The third-order valence-corrected chi connectivity index (χ3v) is 3.66. The summed E-state index contributed by atoms with van der Waals surface area (Å²) in [5.41, 5.74) is 1.05. The van der Waals surface area contributed by atoms with Crippen molar-refractivity contribution in [3.05, 3.63) is 58.9 Å². The molecular weight excluding hydrogens is 372 g/mol. The van der Waals surface area contributed by atoms with Crippen LogP contribution in [0.15, 0.2) is 42.6 Å². The van der Waals surface area contributed by atoms with Crippen molar-refractivity contribution in [2.75, 3.05) is 18.5 Å². The van der Waals surface area contributed by atoms with E-state index in [0.717, 1.165) is 12.8 Å². The highest BCUT2D eigenvalue weighted by Crippen LogP contribution is 2.11. The Labute approximate surface area is 161 Å². The molecule has 1 aromatic carbocycles. The maximum Gasteiger partial charge on any atom is 0.340 e. The van der Waals surface area contributed by atoms with Crippen LogP contribution in [0.1, 0.15) is 40.5 Å². The van der Waals surface area contributed by atoms with Gasteiger partial charge in [0.15, 0.2) is 6.61 Å². The van der Waals surface area contributed by atoms with E-state index >= 15 is 0 Å². The minimum absolute atomic E-state index is 0.193. The highest BCUT2D eigenvalue weighted by Gasteiger charge is 2.12. The minimum Gasteiger partial charge on any atom is -0.462 e. The van der Waals surface area contributed by atoms with E-state index in [1.807, 2.05) is 6.92 Å². The molecule has 0 radical (unpaired) electrons. The second kappa shape index (κ2) is 10.3. The van der Waals surface area contributed by atoms with Gasteiger partial charge in [-0.2, -0.15) is 0 Å². The van der Waals surface area contributed by atoms with E-state index in [0.29, 0.717) is 17.9 Å². The average Bonchev–Trinajstić information content (AvgIpc) is 2.67. The van der Waals surface area contributed by atoms with Crippen LogP contribution < -0.4 is 5.32 Å². The van der Waals surface area contributed by atoms with E-state index in [1.54, 1.807) is 24.3 Å². The summed E-state index contributed by atoms with van der Waals surface area (Å²) in [6.45, 7) is 1.93. The maximum absolute atomic E-state index is 11.9. The van der Waals surface area contributed by atoms with Gasteiger partial charge in [0.1, 0.15) is 5.15 Å². The SMILES string of the molecule is CCCCOC(=O)c1ccc(NC(=O)COC(=O)c2ccc(Cl)nc2)cc1. The summed E-state index contributed by atoms with van der Waals surface area (Å²) >= 11 is 5.64. The lowest BCUT2D eigenvalue weighted by Crippen LogP contribution is -2.21. The molecule has 2 rings (SSSR count). The molecule has 1 N–H and O–H groups in total. The van der Waals surface area contributed by atoms with E-state index in [9.17, 15) is 14.4 Å². The number of carbonyl (C=O) groups is 3. The third kappa shape index (κ3) is 6.71. The molecule has 0 fully saturated rings. The van der Waals surface area contributed by atoms with Gasteiger partial charge in [-0.15, -0.1) is 0 Å². The van der Waals surface area contributed by atoms with Crippen molar-refractivity contribution < 1.29 is 23.9 Å². The second-order valence-electron chi connectivity index (χ2n) is 5.56. The molecule has 142 valence electrons. The number of benzene rings is 1. The van der Waals surface area contributed by atoms with Crippen molar-refractivity contribution in [1.82, 2.24) is 4.98 Å². The molecule has 2 aromatic rings. The molecule has 0 aliphatic heterocycles. The number of pyridine rings is 1. The van der Waals surface area contributed by atoms with Gasteiger partial charge in [-0.25, -0.2) is 14.6 Å². The van der Waals surface area contributed by atoms with Gasteiger partial charge < -0.3 is 14.8 Å². The monoisotopic (exact) mass is 390 g/mol. The lowest BCUT2D eigenvalue weighted by atomic mass is 10.2. The summed E-state index contributed by atoms with van der Waals surface area (Å²) in [6.07, 6.45) is 3.02. The van der Waals surface area contributed by atoms with Crippen molar-refractivity contribution in [3.8, 4) is 0 Å². The van der Waals surface area contributed by atoms with Crippen LogP contribution in [0.2, 0.25) is 5.15 Å². The van der Waals surface area contributed by atoms with Crippen molar-refractivity contribution >= 4 is 35.1 Å². The molecular formula is C19H19ClN2O5. The molecule has 0 aliphatic carbocycles. The Morgan fingerprint density at radius 2 is 1.67 bits per heavy atom. The molecule has 0 unspecified atom stereocenters. The summed E-state index contributed by atoms with van der Waals surface area (Å²) < 4.78 is 10.0. The van der Waals surface area contributed by atoms with E-state index < -0.39 is 24.5 Å². The van der Waals surface area contributed by atoms with Crippen LogP contribution in [0.25, 0.3) is 0 Å². The topological polar surface area (TPSA) is 94.6 Å². The lowest BCUT2D eigenvalue weighted by molar-refractivity contribution is -0.119. The highest BCUT2D eigenvalue weighted by atomic mass is 35.5. The number of esters is 2. The summed E-state index contributed by atoms with van der Waals surface area (Å²) in [5, 5.41) is 2.82. The number of carbonyl (C=O) groups excluding carboxylic acids is 3. The highest BCUT2D eigenvalue weighted by molar-refractivity contribution is 6.29. The zero-order valence-corrected chi connectivity index (χ0v) is 15.5. The third-order valence-electron chi connectivity index (χ3n) is 3.43. The van der Waals surface area contributed by atoms with Crippen molar-refractivity contribution in [2.24, 2.45) is 0 Å². The first-order valence-electron chi connectivity index (χ1n) is 8.35.